The molecule has 0 aromatic carbocycles. The van der Waals surface area contributed by atoms with E-state index in [-0.39, 0.29) is 29.5 Å². The fourth-order valence-corrected chi connectivity index (χ4v) is 1.92. The summed E-state index contributed by atoms with van der Waals surface area (Å²) >= 11 is 0. The summed E-state index contributed by atoms with van der Waals surface area (Å²) in [6.07, 6.45) is 4.08. The summed E-state index contributed by atoms with van der Waals surface area (Å²) in [4.78, 5) is 12.0. The van der Waals surface area contributed by atoms with Crippen LogP contribution in [0.15, 0.2) is 0 Å². The fourth-order valence-electron chi connectivity index (χ4n) is 1.92. The van der Waals surface area contributed by atoms with E-state index in [2.05, 4.69) is 17.6 Å². The number of rotatable bonds is 8. The second-order valence-corrected chi connectivity index (χ2v) is 6.30. The summed E-state index contributed by atoms with van der Waals surface area (Å²) in [6.45, 7) is 9.10. The van der Waals surface area contributed by atoms with Gasteiger partial charge in [-0.05, 0) is 51.9 Å². The minimum Gasteiger partial charge on any atom is -0.396 e. The smallest absolute Gasteiger partial charge is 0.237 e. The zero-order valence-electron chi connectivity index (χ0n) is 12.2. The summed E-state index contributed by atoms with van der Waals surface area (Å²) in [7, 11) is 0. The first-order valence-electron chi connectivity index (χ1n) is 7.00. The van der Waals surface area contributed by atoms with E-state index in [0.717, 1.165) is 32.2 Å². The molecule has 1 atom stereocenters. The molecule has 0 heterocycles. The van der Waals surface area contributed by atoms with Crippen LogP contribution < -0.4 is 10.6 Å². The van der Waals surface area contributed by atoms with Gasteiger partial charge in [-0.25, -0.2) is 0 Å². The topological polar surface area (TPSA) is 61.4 Å². The molecule has 1 aliphatic rings. The van der Waals surface area contributed by atoms with Crippen LogP contribution in [0.25, 0.3) is 0 Å². The van der Waals surface area contributed by atoms with Crippen molar-refractivity contribution in [3.05, 3.63) is 0 Å². The largest absolute Gasteiger partial charge is 0.396 e. The highest BCUT2D eigenvalue weighted by Gasteiger charge is 2.41. The second-order valence-electron chi connectivity index (χ2n) is 6.30. The average Bonchev–Trinajstić information content (AvgIpc) is 3.06. The molecule has 106 valence electrons. The van der Waals surface area contributed by atoms with Gasteiger partial charge in [-0.3, -0.25) is 4.79 Å². The molecule has 0 saturated heterocycles. The predicted molar refractivity (Wildman–Crippen MR) is 73.3 cm³/mol. The lowest BCUT2D eigenvalue weighted by atomic mass is 10.0. The van der Waals surface area contributed by atoms with Crippen LogP contribution in [0, 0.1) is 5.41 Å². The molecular weight excluding hydrogens is 228 g/mol. The first-order valence-corrected chi connectivity index (χ1v) is 7.00. The Morgan fingerprint density at radius 1 is 1.44 bits per heavy atom. The van der Waals surface area contributed by atoms with Gasteiger partial charge in [0.1, 0.15) is 0 Å². The number of nitrogens with one attached hydrogen (secondary N) is 2. The maximum absolute atomic E-state index is 12.0. The van der Waals surface area contributed by atoms with Crippen LogP contribution in [0.5, 0.6) is 0 Å². The third-order valence-electron chi connectivity index (χ3n) is 4.12. The number of amides is 1. The number of aliphatic hydroxyl groups is 1. The zero-order chi connectivity index (χ0) is 13.8. The summed E-state index contributed by atoms with van der Waals surface area (Å²) in [5.41, 5.74) is 0.110. The Kier molecular flexibility index (Phi) is 5.17. The van der Waals surface area contributed by atoms with E-state index in [1.54, 1.807) is 0 Å². The Morgan fingerprint density at radius 2 is 2.06 bits per heavy atom. The van der Waals surface area contributed by atoms with Crippen molar-refractivity contribution in [1.29, 1.82) is 0 Å². The van der Waals surface area contributed by atoms with Crippen molar-refractivity contribution in [2.24, 2.45) is 5.41 Å². The van der Waals surface area contributed by atoms with E-state index >= 15 is 0 Å². The van der Waals surface area contributed by atoms with E-state index in [4.69, 9.17) is 5.11 Å². The van der Waals surface area contributed by atoms with Gasteiger partial charge in [0.25, 0.3) is 0 Å². The maximum atomic E-state index is 12.0. The molecule has 0 radical (unpaired) electrons. The second kappa shape index (κ2) is 6.02. The van der Waals surface area contributed by atoms with Crippen molar-refractivity contribution < 1.29 is 9.90 Å². The molecule has 0 aromatic heterocycles. The van der Waals surface area contributed by atoms with Crippen LogP contribution >= 0.6 is 0 Å². The summed E-state index contributed by atoms with van der Waals surface area (Å²) in [6, 6.07) is -0.174. The number of carbonyl (C=O) groups excluding carboxylic acids is 1. The predicted octanol–water partition coefficient (Wildman–Crippen LogP) is 1.43. The summed E-state index contributed by atoms with van der Waals surface area (Å²) in [5.74, 6) is 0.0571. The molecule has 1 rings (SSSR count). The van der Waals surface area contributed by atoms with Crippen LogP contribution in [-0.2, 0) is 4.79 Å². The third-order valence-corrected chi connectivity index (χ3v) is 4.12. The average molecular weight is 256 g/mol. The molecule has 1 unspecified atom stereocenters. The lowest BCUT2D eigenvalue weighted by Gasteiger charge is -2.27. The van der Waals surface area contributed by atoms with Crippen LogP contribution in [0.3, 0.4) is 0 Å². The first-order chi connectivity index (χ1) is 8.34. The molecule has 3 N–H and O–H groups in total. The Hall–Kier alpha value is -0.610. The van der Waals surface area contributed by atoms with Crippen LogP contribution in [0.2, 0.25) is 0 Å². The minimum atomic E-state index is -0.174. The van der Waals surface area contributed by atoms with Gasteiger partial charge in [-0.15, -0.1) is 0 Å². The van der Waals surface area contributed by atoms with Gasteiger partial charge in [0.2, 0.25) is 5.91 Å². The van der Waals surface area contributed by atoms with Crippen molar-refractivity contribution in [2.75, 3.05) is 13.2 Å². The van der Waals surface area contributed by atoms with Crippen LogP contribution in [0.1, 0.15) is 53.4 Å². The molecule has 18 heavy (non-hydrogen) atoms. The van der Waals surface area contributed by atoms with Gasteiger partial charge in [0.15, 0.2) is 0 Å². The van der Waals surface area contributed by atoms with Crippen molar-refractivity contribution in [3.8, 4) is 0 Å². The lowest BCUT2D eigenvalue weighted by molar-refractivity contribution is -0.124. The van der Waals surface area contributed by atoms with Crippen molar-refractivity contribution >= 4 is 5.91 Å². The van der Waals surface area contributed by atoms with Gasteiger partial charge >= 0.3 is 0 Å². The summed E-state index contributed by atoms with van der Waals surface area (Å²) in [5, 5.41) is 15.3. The number of carbonyl (C=O) groups is 1. The Balaban J connectivity index is 2.32. The molecule has 1 amide bonds. The molecule has 1 fully saturated rings. The highest BCUT2D eigenvalue weighted by atomic mass is 16.3. The van der Waals surface area contributed by atoms with E-state index in [1.807, 2.05) is 20.8 Å². The van der Waals surface area contributed by atoms with Crippen LogP contribution in [-0.4, -0.2) is 35.7 Å². The summed E-state index contributed by atoms with van der Waals surface area (Å²) < 4.78 is 0. The molecule has 4 heteroatoms. The SMILES string of the molecule is CCC(C)(C)NC(=O)C(C)NCC1(CCO)CC1. The first kappa shape index (κ1) is 15.4. The molecule has 0 aliphatic heterocycles. The van der Waals surface area contributed by atoms with Gasteiger partial charge in [-0.2, -0.15) is 0 Å². The Morgan fingerprint density at radius 3 is 2.50 bits per heavy atom. The van der Waals surface area contributed by atoms with E-state index in [9.17, 15) is 4.79 Å². The molecule has 0 aromatic rings. The monoisotopic (exact) mass is 256 g/mol. The van der Waals surface area contributed by atoms with Gasteiger partial charge in [0.05, 0.1) is 6.04 Å². The third kappa shape index (κ3) is 4.58. The van der Waals surface area contributed by atoms with Crippen molar-refractivity contribution in [2.45, 2.75) is 65.0 Å². The van der Waals surface area contributed by atoms with Gasteiger partial charge < -0.3 is 15.7 Å². The van der Waals surface area contributed by atoms with Crippen molar-refractivity contribution in [3.63, 3.8) is 0 Å². The maximum Gasteiger partial charge on any atom is 0.237 e. The van der Waals surface area contributed by atoms with E-state index < -0.39 is 0 Å². The Labute approximate surface area is 111 Å². The van der Waals surface area contributed by atoms with Crippen molar-refractivity contribution in [1.82, 2.24) is 10.6 Å². The molecule has 0 spiro atoms. The molecule has 1 aliphatic carbocycles. The lowest BCUT2D eigenvalue weighted by Crippen LogP contribution is -2.51. The molecule has 1 saturated carbocycles. The molecular formula is C14H28N2O2. The number of hydrogen-bond donors (Lipinski definition) is 3. The Bertz CT molecular complexity index is 286. The fraction of sp³-hybridized carbons (Fsp3) is 0.929. The highest BCUT2D eigenvalue weighted by Crippen LogP contribution is 2.47. The number of hydrogen-bond acceptors (Lipinski definition) is 3. The standard InChI is InChI=1S/C14H28N2O2/c1-5-13(3,4)16-12(18)11(2)15-10-14(6-7-14)8-9-17/h11,15,17H,5-10H2,1-4H3,(H,16,18). The number of aliphatic hydroxyl groups excluding tert-OH is 1. The molecule has 4 nitrogen and oxygen atoms in total. The van der Waals surface area contributed by atoms with E-state index in [1.165, 1.54) is 0 Å². The minimum absolute atomic E-state index is 0.0571. The van der Waals surface area contributed by atoms with Gasteiger partial charge in [0, 0.05) is 18.7 Å². The van der Waals surface area contributed by atoms with E-state index in [0.29, 0.717) is 0 Å². The zero-order valence-corrected chi connectivity index (χ0v) is 12.2. The molecule has 0 bridgehead atoms. The highest BCUT2D eigenvalue weighted by molar-refractivity contribution is 5.81. The quantitative estimate of drug-likeness (QED) is 0.616. The van der Waals surface area contributed by atoms with Crippen LogP contribution in [0.4, 0.5) is 0 Å². The van der Waals surface area contributed by atoms with Gasteiger partial charge in [-0.1, -0.05) is 6.92 Å². The normalized spacial score (nSPS) is 19.4.